The molecule has 1 amide bonds. The predicted molar refractivity (Wildman–Crippen MR) is 117 cm³/mol. The predicted octanol–water partition coefficient (Wildman–Crippen LogP) is 2.38. The first-order valence-corrected chi connectivity index (χ1v) is 10.2. The lowest BCUT2D eigenvalue weighted by atomic mass is 10.1. The van der Waals surface area contributed by atoms with Crippen LogP contribution >= 0.6 is 0 Å². The highest BCUT2D eigenvalue weighted by Crippen LogP contribution is 2.21. The topological polar surface area (TPSA) is 112 Å². The fourth-order valence-corrected chi connectivity index (χ4v) is 3.32. The Hall–Kier alpha value is -3.75. The molecule has 3 rings (SSSR count). The molecule has 0 saturated heterocycles. The van der Waals surface area contributed by atoms with Crippen molar-refractivity contribution in [2.24, 2.45) is 0 Å². The highest BCUT2D eigenvalue weighted by molar-refractivity contribution is 6.03. The first-order chi connectivity index (χ1) is 15.3. The molecule has 2 aromatic heterocycles. The molecule has 0 bridgehead atoms. The number of aryl methyl sites for hydroxylation is 1. The van der Waals surface area contributed by atoms with Crippen molar-refractivity contribution in [2.45, 2.75) is 39.3 Å². The normalized spacial score (nSPS) is 11.9. The van der Waals surface area contributed by atoms with Crippen molar-refractivity contribution in [2.75, 3.05) is 13.7 Å². The van der Waals surface area contributed by atoms with Gasteiger partial charge in [-0.15, -0.1) is 0 Å². The fraction of sp³-hybridized carbons (Fsp3) is 0.348. The van der Waals surface area contributed by atoms with Crippen LogP contribution in [-0.2, 0) is 25.5 Å². The molecule has 1 aromatic carbocycles. The van der Waals surface area contributed by atoms with Gasteiger partial charge in [0, 0.05) is 18.2 Å². The van der Waals surface area contributed by atoms with Crippen molar-refractivity contribution in [3.63, 3.8) is 0 Å². The fourth-order valence-electron chi connectivity index (χ4n) is 3.32. The van der Waals surface area contributed by atoms with E-state index in [2.05, 4.69) is 15.4 Å². The summed E-state index contributed by atoms with van der Waals surface area (Å²) in [5, 5.41) is 7.42. The number of fused-ring (bicyclic) bond motifs is 1. The Bertz CT molecular complexity index is 1120. The number of ether oxygens (including phenoxy) is 2. The second-order valence-electron chi connectivity index (χ2n) is 7.64. The molecule has 32 heavy (non-hydrogen) atoms. The summed E-state index contributed by atoms with van der Waals surface area (Å²) in [5.41, 5.74) is 2.34. The van der Waals surface area contributed by atoms with Gasteiger partial charge in [0.15, 0.2) is 12.3 Å². The van der Waals surface area contributed by atoms with Gasteiger partial charge in [-0.2, -0.15) is 5.10 Å². The van der Waals surface area contributed by atoms with Gasteiger partial charge in [-0.25, -0.2) is 19.3 Å². The van der Waals surface area contributed by atoms with E-state index >= 15 is 0 Å². The minimum atomic E-state index is -0.896. The minimum Gasteiger partial charge on any atom is -0.467 e. The van der Waals surface area contributed by atoms with Gasteiger partial charge in [0.1, 0.15) is 6.04 Å². The molecule has 0 aliphatic carbocycles. The summed E-state index contributed by atoms with van der Waals surface area (Å²) < 4.78 is 11.7. The average molecular weight is 438 g/mol. The van der Waals surface area contributed by atoms with Crippen LogP contribution in [0.5, 0.6) is 0 Å². The van der Waals surface area contributed by atoms with Crippen LogP contribution < -0.4 is 5.32 Å². The summed E-state index contributed by atoms with van der Waals surface area (Å²) in [5.74, 6) is -1.86. The van der Waals surface area contributed by atoms with Crippen molar-refractivity contribution in [1.29, 1.82) is 0 Å². The highest BCUT2D eigenvalue weighted by atomic mass is 16.5. The van der Waals surface area contributed by atoms with Crippen LogP contribution in [0.25, 0.3) is 11.0 Å². The van der Waals surface area contributed by atoms with E-state index in [0.29, 0.717) is 16.7 Å². The maximum absolute atomic E-state index is 12.7. The molecular weight excluding hydrogens is 412 g/mol. The van der Waals surface area contributed by atoms with Crippen molar-refractivity contribution in [3.05, 3.63) is 59.4 Å². The van der Waals surface area contributed by atoms with Gasteiger partial charge < -0.3 is 14.8 Å². The Morgan fingerprint density at radius 2 is 1.88 bits per heavy atom. The minimum absolute atomic E-state index is 0.0660. The summed E-state index contributed by atoms with van der Waals surface area (Å²) in [6, 6.07) is 9.99. The Labute approximate surface area is 185 Å². The summed E-state index contributed by atoms with van der Waals surface area (Å²) in [6.07, 6.45) is 1.82. The Morgan fingerprint density at radius 1 is 1.16 bits per heavy atom. The van der Waals surface area contributed by atoms with Gasteiger partial charge in [0.2, 0.25) is 0 Å². The third-order valence-corrected chi connectivity index (χ3v) is 4.84. The van der Waals surface area contributed by atoms with E-state index in [1.807, 2.05) is 44.2 Å². The third kappa shape index (κ3) is 5.29. The maximum Gasteiger partial charge on any atom is 0.339 e. The van der Waals surface area contributed by atoms with Gasteiger partial charge in [-0.05, 0) is 32.4 Å². The first-order valence-electron chi connectivity index (χ1n) is 10.2. The number of carbonyl (C=O) groups excluding carboxylic acids is 3. The zero-order chi connectivity index (χ0) is 23.3. The highest BCUT2D eigenvalue weighted by Gasteiger charge is 2.23. The van der Waals surface area contributed by atoms with Crippen LogP contribution in [-0.4, -0.2) is 52.4 Å². The number of carbonyl (C=O) groups is 3. The molecule has 1 unspecified atom stereocenters. The Morgan fingerprint density at radius 3 is 2.53 bits per heavy atom. The number of benzene rings is 1. The van der Waals surface area contributed by atoms with Crippen LogP contribution in [0.4, 0.5) is 0 Å². The maximum atomic E-state index is 12.7. The number of nitrogens with zero attached hydrogens (tertiary/aromatic N) is 3. The van der Waals surface area contributed by atoms with Crippen LogP contribution in [0.3, 0.4) is 0 Å². The summed E-state index contributed by atoms with van der Waals surface area (Å²) >= 11 is 0. The van der Waals surface area contributed by atoms with Crippen LogP contribution in [0.2, 0.25) is 0 Å². The van der Waals surface area contributed by atoms with E-state index in [4.69, 9.17) is 9.47 Å². The van der Waals surface area contributed by atoms with Gasteiger partial charge in [0.05, 0.1) is 24.3 Å². The number of esters is 2. The molecule has 0 saturated carbocycles. The Kier molecular flexibility index (Phi) is 7.19. The molecule has 1 atom stereocenters. The first kappa shape index (κ1) is 22.9. The molecule has 9 heteroatoms. The number of pyridine rings is 1. The number of rotatable bonds is 8. The van der Waals surface area contributed by atoms with Crippen molar-refractivity contribution in [1.82, 2.24) is 20.1 Å². The van der Waals surface area contributed by atoms with Crippen molar-refractivity contribution >= 4 is 28.9 Å². The van der Waals surface area contributed by atoms with Crippen molar-refractivity contribution in [3.8, 4) is 0 Å². The van der Waals surface area contributed by atoms with Crippen LogP contribution in [0, 0.1) is 6.92 Å². The summed E-state index contributed by atoms with van der Waals surface area (Å²) in [7, 11) is 1.25. The lowest BCUT2D eigenvalue weighted by Crippen LogP contribution is -2.44. The van der Waals surface area contributed by atoms with Gasteiger partial charge in [0.25, 0.3) is 5.91 Å². The molecule has 0 aliphatic heterocycles. The lowest BCUT2D eigenvalue weighted by Gasteiger charge is -2.16. The van der Waals surface area contributed by atoms with E-state index in [9.17, 15) is 14.4 Å². The van der Waals surface area contributed by atoms with Gasteiger partial charge >= 0.3 is 11.9 Å². The monoisotopic (exact) mass is 438 g/mol. The lowest BCUT2D eigenvalue weighted by molar-refractivity contribution is -0.145. The molecule has 0 radical (unpaired) electrons. The smallest absolute Gasteiger partial charge is 0.339 e. The second-order valence-corrected chi connectivity index (χ2v) is 7.64. The van der Waals surface area contributed by atoms with Crippen LogP contribution in [0.15, 0.2) is 42.6 Å². The van der Waals surface area contributed by atoms with Crippen LogP contribution in [0.1, 0.15) is 41.5 Å². The second kappa shape index (κ2) is 10.0. The van der Waals surface area contributed by atoms with E-state index in [1.165, 1.54) is 7.11 Å². The molecule has 1 N–H and O–H groups in total. The molecule has 2 heterocycles. The largest absolute Gasteiger partial charge is 0.467 e. The van der Waals surface area contributed by atoms with E-state index in [-0.39, 0.29) is 18.0 Å². The zero-order valence-corrected chi connectivity index (χ0v) is 18.5. The van der Waals surface area contributed by atoms with E-state index in [1.54, 1.807) is 23.9 Å². The molecule has 9 nitrogen and oxygen atoms in total. The van der Waals surface area contributed by atoms with E-state index < -0.39 is 30.5 Å². The number of aromatic nitrogens is 3. The molecule has 0 aliphatic rings. The quantitative estimate of drug-likeness (QED) is 0.537. The van der Waals surface area contributed by atoms with E-state index in [0.717, 1.165) is 5.56 Å². The summed E-state index contributed by atoms with van der Waals surface area (Å²) in [6.45, 7) is 5.16. The molecular formula is C23H26N4O5. The molecule has 3 aromatic rings. The molecule has 0 spiro atoms. The van der Waals surface area contributed by atoms with Gasteiger partial charge in [-0.1, -0.05) is 30.3 Å². The number of methoxy groups -OCH3 is 1. The van der Waals surface area contributed by atoms with Gasteiger partial charge in [-0.3, -0.25) is 4.79 Å². The number of hydrogen-bond acceptors (Lipinski definition) is 7. The summed E-state index contributed by atoms with van der Waals surface area (Å²) in [4.78, 5) is 41.7. The Balaban J connectivity index is 1.68. The number of nitrogens with one attached hydrogen (secondary N) is 1. The molecule has 0 fully saturated rings. The SMILES string of the molecule is COC(=O)C(Cc1ccccc1)NC(=O)COC(=O)c1cc(C)nc2c1cnn2C(C)C. The average Bonchev–Trinajstić information content (AvgIpc) is 3.20. The zero-order valence-electron chi connectivity index (χ0n) is 18.5. The van der Waals surface area contributed by atoms with Crippen molar-refractivity contribution < 1.29 is 23.9 Å². The number of hydrogen-bond donors (Lipinski definition) is 1. The molecule has 168 valence electrons. The third-order valence-electron chi connectivity index (χ3n) is 4.84. The standard InChI is InChI=1S/C23H26N4O5/c1-14(2)27-21-18(12-24-27)17(10-15(3)25-21)22(29)32-13-20(28)26-19(23(30)31-4)11-16-8-6-5-7-9-16/h5-10,12,14,19H,11,13H2,1-4H3,(H,26,28). The number of amides is 1.